The highest BCUT2D eigenvalue weighted by atomic mass is 16.6. The average Bonchev–Trinajstić information content (AvgIpc) is 3.71. The Labute approximate surface area is 202 Å². The SMILES string of the molecule is CC[C@@H](C)[C@H]1O[C@@]1(C)[C@@]1(C)[C@@H](/C=C/C=C/C=C/C(=O)O)[C@@H]2CC=C(C(=O)OC)C[C@H]2[C@@H]2O[C@@]21C. The molecule has 1 saturated carbocycles. The van der Waals surface area contributed by atoms with Crippen LogP contribution in [-0.2, 0) is 23.8 Å². The maximum Gasteiger partial charge on any atom is 0.333 e. The third-order valence-corrected chi connectivity index (χ3v) is 9.44. The number of carbonyl (C=O) groups is 2. The Kier molecular flexibility index (Phi) is 6.45. The number of epoxide rings is 2. The fourth-order valence-electron chi connectivity index (χ4n) is 7.02. The summed E-state index contributed by atoms with van der Waals surface area (Å²) in [5.41, 5.74) is -0.146. The number of methoxy groups -OCH3 is 1. The van der Waals surface area contributed by atoms with Crippen LogP contribution >= 0.6 is 0 Å². The lowest BCUT2D eigenvalue weighted by Gasteiger charge is -2.53. The van der Waals surface area contributed by atoms with Gasteiger partial charge >= 0.3 is 11.9 Å². The Bertz CT molecular complexity index is 962. The van der Waals surface area contributed by atoms with E-state index in [4.69, 9.17) is 19.3 Å². The molecule has 186 valence electrons. The molecular formula is C28H38O6. The minimum atomic E-state index is -0.966. The summed E-state index contributed by atoms with van der Waals surface area (Å²) in [6.45, 7) is 11.3. The van der Waals surface area contributed by atoms with Gasteiger partial charge in [-0.05, 0) is 50.4 Å². The second-order valence-electron chi connectivity index (χ2n) is 10.9. The highest BCUT2D eigenvalue weighted by Crippen LogP contribution is 2.74. The molecule has 0 aromatic carbocycles. The Morgan fingerprint density at radius 3 is 2.50 bits per heavy atom. The molecule has 6 nitrogen and oxygen atoms in total. The predicted molar refractivity (Wildman–Crippen MR) is 129 cm³/mol. The van der Waals surface area contributed by atoms with Crippen molar-refractivity contribution in [2.45, 2.75) is 77.3 Å². The average molecular weight is 471 g/mol. The Morgan fingerprint density at radius 2 is 1.85 bits per heavy atom. The van der Waals surface area contributed by atoms with E-state index in [9.17, 15) is 9.59 Å². The fraction of sp³-hybridized carbons (Fsp3) is 0.643. The number of carboxylic acids is 1. The number of allylic oxidation sites excluding steroid dienone is 6. The third-order valence-electron chi connectivity index (χ3n) is 9.44. The first-order valence-electron chi connectivity index (χ1n) is 12.4. The first-order valence-corrected chi connectivity index (χ1v) is 12.4. The number of fused-ring (bicyclic) bond motifs is 3. The second kappa shape index (κ2) is 8.80. The van der Waals surface area contributed by atoms with E-state index in [1.54, 1.807) is 6.08 Å². The molecule has 0 aromatic rings. The van der Waals surface area contributed by atoms with Gasteiger partial charge in [0.15, 0.2) is 0 Å². The molecular weight excluding hydrogens is 432 g/mol. The number of hydrogen-bond donors (Lipinski definition) is 1. The minimum absolute atomic E-state index is 0.0909. The van der Waals surface area contributed by atoms with Gasteiger partial charge in [-0.2, -0.15) is 0 Å². The zero-order valence-electron chi connectivity index (χ0n) is 21.1. The van der Waals surface area contributed by atoms with Crippen LogP contribution < -0.4 is 0 Å². The molecule has 0 unspecified atom stereocenters. The zero-order chi connectivity index (χ0) is 24.9. The molecule has 6 heteroatoms. The van der Waals surface area contributed by atoms with Crippen molar-refractivity contribution in [1.29, 1.82) is 0 Å². The molecule has 2 aliphatic heterocycles. The van der Waals surface area contributed by atoms with Crippen LogP contribution in [0.25, 0.3) is 0 Å². The molecule has 0 amide bonds. The molecule has 2 aliphatic carbocycles. The molecule has 4 rings (SSSR count). The molecule has 0 bridgehead atoms. The number of aliphatic carboxylic acids is 1. The monoisotopic (exact) mass is 470 g/mol. The first-order chi connectivity index (χ1) is 16.0. The maximum absolute atomic E-state index is 12.3. The van der Waals surface area contributed by atoms with Gasteiger partial charge in [-0.1, -0.05) is 63.6 Å². The topological polar surface area (TPSA) is 88.7 Å². The van der Waals surface area contributed by atoms with Crippen molar-refractivity contribution in [3.8, 4) is 0 Å². The van der Waals surface area contributed by atoms with E-state index in [1.807, 2.05) is 18.2 Å². The van der Waals surface area contributed by atoms with Crippen molar-refractivity contribution in [2.75, 3.05) is 7.11 Å². The van der Waals surface area contributed by atoms with Crippen molar-refractivity contribution < 1.29 is 28.9 Å². The first kappa shape index (κ1) is 24.9. The molecule has 2 heterocycles. The van der Waals surface area contributed by atoms with Gasteiger partial charge in [-0.25, -0.2) is 9.59 Å². The minimum Gasteiger partial charge on any atom is -0.478 e. The lowest BCUT2D eigenvalue weighted by atomic mass is 9.47. The van der Waals surface area contributed by atoms with Crippen LogP contribution in [0.3, 0.4) is 0 Å². The molecule has 4 aliphatic rings. The summed E-state index contributed by atoms with van der Waals surface area (Å²) in [6, 6.07) is 0. The van der Waals surface area contributed by atoms with E-state index >= 15 is 0 Å². The van der Waals surface area contributed by atoms with Gasteiger partial charge in [0.05, 0.1) is 19.3 Å². The lowest BCUT2D eigenvalue weighted by Crippen LogP contribution is -2.59. The van der Waals surface area contributed by atoms with Crippen molar-refractivity contribution in [2.24, 2.45) is 29.1 Å². The molecule has 9 atom stereocenters. The molecule has 0 aromatic heterocycles. The summed E-state index contributed by atoms with van der Waals surface area (Å²) in [5.74, 6) is -0.0221. The van der Waals surface area contributed by atoms with Gasteiger partial charge in [0, 0.05) is 17.1 Å². The Hall–Kier alpha value is -2.18. The third kappa shape index (κ3) is 3.70. The van der Waals surface area contributed by atoms with Crippen LogP contribution in [0, 0.1) is 29.1 Å². The maximum atomic E-state index is 12.3. The summed E-state index contributed by atoms with van der Waals surface area (Å²) in [5, 5.41) is 8.79. The van der Waals surface area contributed by atoms with Crippen LogP contribution in [0.4, 0.5) is 0 Å². The van der Waals surface area contributed by atoms with Gasteiger partial charge in [-0.3, -0.25) is 0 Å². The van der Waals surface area contributed by atoms with Gasteiger partial charge in [0.1, 0.15) is 11.2 Å². The van der Waals surface area contributed by atoms with E-state index in [-0.39, 0.29) is 46.6 Å². The van der Waals surface area contributed by atoms with E-state index in [0.29, 0.717) is 18.3 Å². The summed E-state index contributed by atoms with van der Waals surface area (Å²) in [6.07, 6.45) is 15.4. The van der Waals surface area contributed by atoms with Crippen LogP contribution in [0.2, 0.25) is 0 Å². The van der Waals surface area contributed by atoms with E-state index < -0.39 is 5.97 Å². The Balaban J connectivity index is 1.70. The molecule has 2 saturated heterocycles. The van der Waals surface area contributed by atoms with Gasteiger partial charge < -0.3 is 19.3 Å². The van der Waals surface area contributed by atoms with Gasteiger partial charge in [0.25, 0.3) is 0 Å². The molecule has 1 N–H and O–H groups in total. The molecule has 0 radical (unpaired) electrons. The lowest BCUT2D eigenvalue weighted by molar-refractivity contribution is -0.137. The second-order valence-corrected chi connectivity index (χ2v) is 10.9. The van der Waals surface area contributed by atoms with Crippen molar-refractivity contribution in [3.05, 3.63) is 48.1 Å². The number of carboxylic acid groups (broad SMARTS) is 1. The zero-order valence-corrected chi connectivity index (χ0v) is 21.1. The highest BCUT2D eigenvalue weighted by Gasteiger charge is 2.82. The molecule has 34 heavy (non-hydrogen) atoms. The smallest absolute Gasteiger partial charge is 0.333 e. The Morgan fingerprint density at radius 1 is 1.15 bits per heavy atom. The predicted octanol–water partition coefficient (Wildman–Crippen LogP) is 4.86. The van der Waals surface area contributed by atoms with Gasteiger partial charge in [-0.15, -0.1) is 0 Å². The number of hydrogen-bond acceptors (Lipinski definition) is 5. The van der Waals surface area contributed by atoms with Crippen molar-refractivity contribution in [3.63, 3.8) is 0 Å². The number of rotatable bonds is 8. The summed E-state index contributed by atoms with van der Waals surface area (Å²) in [4.78, 5) is 23.0. The standard InChI is InChI=1S/C28H38O6/c1-7-17(2)23-27(4,33-23)26(3)21(12-10-8-9-11-13-22(29)30)19-15-14-18(25(31)32-6)16-20(19)24-28(26,5)34-24/h8-14,17,19-21,23-24H,7,15-16H2,1-6H3,(H,29,30)/b9-8+,12-10+,13-11+/t17-,19-,20-,21+,23-,24+,26-,27-,28+/m1/s1. The summed E-state index contributed by atoms with van der Waals surface area (Å²) < 4.78 is 18.1. The van der Waals surface area contributed by atoms with Crippen LogP contribution in [0.1, 0.15) is 53.9 Å². The number of esters is 1. The van der Waals surface area contributed by atoms with Crippen LogP contribution in [0.15, 0.2) is 48.1 Å². The van der Waals surface area contributed by atoms with Crippen LogP contribution in [0.5, 0.6) is 0 Å². The quantitative estimate of drug-likeness (QED) is 0.236. The number of ether oxygens (including phenoxy) is 3. The number of carbonyl (C=O) groups excluding carboxylic acids is 1. The molecule has 0 spiro atoms. The van der Waals surface area contributed by atoms with Gasteiger partial charge in [0.2, 0.25) is 0 Å². The molecule has 3 fully saturated rings. The van der Waals surface area contributed by atoms with E-state index in [2.05, 4.69) is 40.7 Å². The summed E-state index contributed by atoms with van der Waals surface area (Å²) in [7, 11) is 1.43. The van der Waals surface area contributed by atoms with E-state index in [0.717, 1.165) is 24.5 Å². The summed E-state index contributed by atoms with van der Waals surface area (Å²) >= 11 is 0. The normalized spacial score (nSPS) is 43.9. The highest BCUT2D eigenvalue weighted by molar-refractivity contribution is 5.88. The van der Waals surface area contributed by atoms with Crippen molar-refractivity contribution >= 4 is 11.9 Å². The van der Waals surface area contributed by atoms with Crippen LogP contribution in [-0.4, -0.2) is 47.6 Å². The van der Waals surface area contributed by atoms with E-state index in [1.165, 1.54) is 13.2 Å². The van der Waals surface area contributed by atoms with Crippen molar-refractivity contribution in [1.82, 2.24) is 0 Å². The largest absolute Gasteiger partial charge is 0.478 e. The fourth-order valence-corrected chi connectivity index (χ4v) is 7.02.